The molecule has 1 aliphatic carbocycles. The molecular weight excluding hydrogens is 254 g/mol. The van der Waals surface area contributed by atoms with Gasteiger partial charge in [0.05, 0.1) is 0 Å². The lowest BCUT2D eigenvalue weighted by atomic mass is 9.95. The summed E-state index contributed by atoms with van der Waals surface area (Å²) in [7, 11) is 0. The maximum Gasteiger partial charge on any atom is 0.227 e. The zero-order valence-corrected chi connectivity index (χ0v) is 11.7. The van der Waals surface area contributed by atoms with Crippen LogP contribution in [0.25, 0.3) is 0 Å². The minimum absolute atomic E-state index is 0.0232. The molecule has 20 heavy (non-hydrogen) atoms. The lowest BCUT2D eigenvalue weighted by molar-refractivity contribution is -0.120. The first kappa shape index (κ1) is 14.5. The Balaban J connectivity index is 1.95. The van der Waals surface area contributed by atoms with Gasteiger partial charge in [0.15, 0.2) is 0 Å². The molecule has 1 fully saturated rings. The Kier molecular flexibility index (Phi) is 4.74. The molecule has 1 aromatic carbocycles. The van der Waals surface area contributed by atoms with Gasteiger partial charge in [-0.1, -0.05) is 6.42 Å². The quantitative estimate of drug-likeness (QED) is 0.785. The molecule has 5 nitrogen and oxygen atoms in total. The van der Waals surface area contributed by atoms with Crippen LogP contribution in [0, 0.1) is 11.8 Å². The van der Waals surface area contributed by atoms with Crippen molar-refractivity contribution >= 4 is 23.2 Å². The fourth-order valence-corrected chi connectivity index (χ4v) is 2.74. The number of benzene rings is 1. The molecule has 0 unspecified atom stereocenters. The summed E-state index contributed by atoms with van der Waals surface area (Å²) in [6, 6.07) is 7.11. The van der Waals surface area contributed by atoms with E-state index >= 15 is 0 Å². The standard InChI is InChI=1S/C15H21N3O2/c1-10(19)17-12-5-7-13(8-6-12)18-15(20)14-4-2-3-11(14)9-16/h5-8,11,14H,2-4,9,16H2,1H3,(H,17,19)(H,18,20)/t11-,14-/m1/s1. The molecule has 0 radical (unpaired) electrons. The Morgan fingerprint density at radius 3 is 2.30 bits per heavy atom. The second-order valence-electron chi connectivity index (χ2n) is 5.28. The Hall–Kier alpha value is -1.88. The molecule has 2 rings (SSSR count). The molecule has 0 spiro atoms. The normalized spacial score (nSPS) is 21.5. The first-order valence-electron chi connectivity index (χ1n) is 6.98. The molecule has 2 atom stereocenters. The van der Waals surface area contributed by atoms with E-state index in [0.717, 1.165) is 30.6 Å². The number of nitrogens with two attached hydrogens (primary N) is 1. The van der Waals surface area contributed by atoms with Crippen LogP contribution < -0.4 is 16.4 Å². The number of hydrogen-bond acceptors (Lipinski definition) is 3. The molecule has 4 N–H and O–H groups in total. The molecule has 1 saturated carbocycles. The fourth-order valence-electron chi connectivity index (χ4n) is 2.74. The Labute approximate surface area is 118 Å². The molecule has 108 valence electrons. The van der Waals surface area contributed by atoms with Crippen LogP contribution in [-0.2, 0) is 9.59 Å². The van der Waals surface area contributed by atoms with Gasteiger partial charge in [0.25, 0.3) is 0 Å². The molecule has 2 amide bonds. The number of carbonyl (C=O) groups excluding carboxylic acids is 2. The maximum atomic E-state index is 12.2. The molecule has 0 saturated heterocycles. The summed E-state index contributed by atoms with van der Waals surface area (Å²) in [5.41, 5.74) is 7.16. The third kappa shape index (κ3) is 3.57. The highest BCUT2D eigenvalue weighted by molar-refractivity contribution is 5.93. The Bertz CT molecular complexity index is 484. The van der Waals surface area contributed by atoms with Crippen LogP contribution in [0.3, 0.4) is 0 Å². The van der Waals surface area contributed by atoms with Crippen molar-refractivity contribution in [1.29, 1.82) is 0 Å². The summed E-state index contributed by atoms with van der Waals surface area (Å²) < 4.78 is 0. The minimum atomic E-state index is -0.112. The number of rotatable bonds is 4. The topological polar surface area (TPSA) is 84.2 Å². The van der Waals surface area contributed by atoms with E-state index in [9.17, 15) is 9.59 Å². The van der Waals surface area contributed by atoms with Crippen LogP contribution in [0.15, 0.2) is 24.3 Å². The average Bonchev–Trinajstić information content (AvgIpc) is 2.89. The van der Waals surface area contributed by atoms with Crippen LogP contribution in [0.5, 0.6) is 0 Å². The van der Waals surface area contributed by atoms with Gasteiger partial charge < -0.3 is 16.4 Å². The van der Waals surface area contributed by atoms with Crippen LogP contribution in [0.1, 0.15) is 26.2 Å². The second kappa shape index (κ2) is 6.52. The van der Waals surface area contributed by atoms with Crippen molar-refractivity contribution in [2.75, 3.05) is 17.2 Å². The van der Waals surface area contributed by atoms with Crippen LogP contribution in [0.4, 0.5) is 11.4 Å². The molecule has 1 aromatic rings. The third-order valence-corrected chi connectivity index (χ3v) is 3.77. The lowest BCUT2D eigenvalue weighted by Crippen LogP contribution is -2.29. The van der Waals surface area contributed by atoms with Crippen LogP contribution in [0.2, 0.25) is 0 Å². The molecular formula is C15H21N3O2. The number of anilines is 2. The van der Waals surface area contributed by atoms with Gasteiger partial charge in [-0.2, -0.15) is 0 Å². The number of nitrogens with one attached hydrogen (secondary N) is 2. The molecule has 0 heterocycles. The third-order valence-electron chi connectivity index (χ3n) is 3.77. The highest BCUT2D eigenvalue weighted by Crippen LogP contribution is 2.31. The van der Waals surface area contributed by atoms with Crippen molar-refractivity contribution < 1.29 is 9.59 Å². The van der Waals surface area contributed by atoms with Gasteiger partial charge >= 0.3 is 0 Å². The van der Waals surface area contributed by atoms with Gasteiger partial charge in [0, 0.05) is 24.2 Å². The van der Waals surface area contributed by atoms with Crippen molar-refractivity contribution in [2.24, 2.45) is 17.6 Å². The summed E-state index contributed by atoms with van der Waals surface area (Å²) in [4.78, 5) is 23.1. The maximum absolute atomic E-state index is 12.2. The van der Waals surface area contributed by atoms with E-state index in [0.29, 0.717) is 12.5 Å². The first-order valence-corrected chi connectivity index (χ1v) is 6.98. The fraction of sp³-hybridized carbons (Fsp3) is 0.467. The minimum Gasteiger partial charge on any atom is -0.330 e. The van der Waals surface area contributed by atoms with Gasteiger partial charge in [-0.05, 0) is 49.6 Å². The lowest BCUT2D eigenvalue weighted by Gasteiger charge is -2.17. The van der Waals surface area contributed by atoms with Gasteiger partial charge in [0.1, 0.15) is 0 Å². The molecule has 1 aliphatic rings. The highest BCUT2D eigenvalue weighted by Gasteiger charge is 2.31. The van der Waals surface area contributed by atoms with E-state index in [4.69, 9.17) is 5.73 Å². The smallest absolute Gasteiger partial charge is 0.227 e. The summed E-state index contributed by atoms with van der Waals surface area (Å²) in [5.74, 6) is 0.257. The van der Waals surface area contributed by atoms with E-state index in [1.165, 1.54) is 6.92 Å². The van der Waals surface area contributed by atoms with E-state index in [-0.39, 0.29) is 17.7 Å². The van der Waals surface area contributed by atoms with E-state index in [1.54, 1.807) is 24.3 Å². The van der Waals surface area contributed by atoms with E-state index < -0.39 is 0 Å². The second-order valence-corrected chi connectivity index (χ2v) is 5.28. The Morgan fingerprint density at radius 2 is 1.75 bits per heavy atom. The molecule has 0 bridgehead atoms. The zero-order valence-electron chi connectivity index (χ0n) is 11.7. The van der Waals surface area contributed by atoms with E-state index in [1.807, 2.05) is 0 Å². The first-order chi connectivity index (χ1) is 9.60. The largest absolute Gasteiger partial charge is 0.330 e. The van der Waals surface area contributed by atoms with Crippen molar-refractivity contribution in [2.45, 2.75) is 26.2 Å². The van der Waals surface area contributed by atoms with Gasteiger partial charge in [-0.3, -0.25) is 9.59 Å². The Morgan fingerprint density at radius 1 is 1.15 bits per heavy atom. The predicted molar refractivity (Wildman–Crippen MR) is 79.3 cm³/mol. The number of carbonyl (C=O) groups is 2. The van der Waals surface area contributed by atoms with Gasteiger partial charge in [-0.15, -0.1) is 0 Å². The molecule has 0 aromatic heterocycles. The SMILES string of the molecule is CC(=O)Nc1ccc(NC(=O)[C@@H]2CCC[C@@H]2CN)cc1. The summed E-state index contributed by atoms with van der Waals surface area (Å²) in [6.45, 7) is 2.03. The van der Waals surface area contributed by atoms with Gasteiger partial charge in [-0.25, -0.2) is 0 Å². The van der Waals surface area contributed by atoms with Crippen molar-refractivity contribution in [3.05, 3.63) is 24.3 Å². The van der Waals surface area contributed by atoms with Crippen molar-refractivity contribution in [1.82, 2.24) is 0 Å². The highest BCUT2D eigenvalue weighted by atomic mass is 16.2. The zero-order chi connectivity index (χ0) is 14.5. The van der Waals surface area contributed by atoms with Crippen LogP contribution in [-0.4, -0.2) is 18.4 Å². The molecule has 0 aliphatic heterocycles. The molecule has 5 heteroatoms. The predicted octanol–water partition coefficient (Wildman–Crippen LogP) is 1.96. The monoisotopic (exact) mass is 275 g/mol. The van der Waals surface area contributed by atoms with Crippen molar-refractivity contribution in [3.63, 3.8) is 0 Å². The summed E-state index contributed by atoms with van der Waals surface area (Å²) in [5, 5.41) is 5.61. The van der Waals surface area contributed by atoms with Gasteiger partial charge in [0.2, 0.25) is 11.8 Å². The van der Waals surface area contributed by atoms with Crippen molar-refractivity contribution in [3.8, 4) is 0 Å². The summed E-state index contributed by atoms with van der Waals surface area (Å²) in [6.07, 6.45) is 3.02. The average molecular weight is 275 g/mol. The number of amides is 2. The van der Waals surface area contributed by atoms with Crippen LogP contribution >= 0.6 is 0 Å². The summed E-state index contributed by atoms with van der Waals surface area (Å²) >= 11 is 0. The number of hydrogen-bond donors (Lipinski definition) is 3. The van der Waals surface area contributed by atoms with E-state index in [2.05, 4.69) is 10.6 Å².